The molecule has 0 unspecified atom stereocenters. The van der Waals surface area contributed by atoms with Crippen LogP contribution in [0.1, 0.15) is 48.4 Å². The largest absolute Gasteiger partial charge is 0.332 e. The summed E-state index contributed by atoms with van der Waals surface area (Å²) in [5.41, 5.74) is 6.39. The van der Waals surface area contributed by atoms with E-state index in [1.54, 1.807) is 24.3 Å². The van der Waals surface area contributed by atoms with Crippen molar-refractivity contribution in [1.82, 2.24) is 0 Å². The first kappa shape index (κ1) is 24.7. The van der Waals surface area contributed by atoms with Gasteiger partial charge >= 0.3 is 0 Å². The van der Waals surface area contributed by atoms with E-state index in [2.05, 4.69) is 41.3 Å². The zero-order valence-electron chi connectivity index (χ0n) is 19.7. The molecule has 5 nitrogen and oxygen atoms in total. The van der Waals surface area contributed by atoms with Crippen LogP contribution in [-0.2, 0) is 10.0 Å². The Morgan fingerprint density at radius 2 is 1.36 bits per heavy atom. The third-order valence-corrected chi connectivity index (χ3v) is 7.26. The molecule has 0 saturated heterocycles. The Kier molecular flexibility index (Phi) is 7.76. The molecular weight excluding hydrogens is 450 g/mol. The van der Waals surface area contributed by atoms with Crippen LogP contribution >= 0.6 is 12.2 Å². The highest BCUT2D eigenvalue weighted by molar-refractivity contribution is 7.92. The van der Waals surface area contributed by atoms with Crippen LogP contribution in [-0.4, -0.2) is 13.5 Å². The summed E-state index contributed by atoms with van der Waals surface area (Å²) >= 11 is 5.40. The second kappa shape index (κ2) is 10.4. The van der Waals surface area contributed by atoms with Crippen LogP contribution in [0.4, 0.5) is 17.1 Å². The van der Waals surface area contributed by atoms with Crippen molar-refractivity contribution in [3.05, 3.63) is 82.9 Å². The molecule has 3 aromatic rings. The highest BCUT2D eigenvalue weighted by Crippen LogP contribution is 2.26. The lowest BCUT2D eigenvalue weighted by Gasteiger charge is -2.15. The van der Waals surface area contributed by atoms with Gasteiger partial charge in [0.25, 0.3) is 10.0 Å². The minimum absolute atomic E-state index is 0.187. The van der Waals surface area contributed by atoms with Crippen molar-refractivity contribution in [1.29, 1.82) is 0 Å². The zero-order chi connectivity index (χ0) is 24.2. The van der Waals surface area contributed by atoms with Crippen LogP contribution in [0.5, 0.6) is 0 Å². The van der Waals surface area contributed by atoms with E-state index in [9.17, 15) is 8.42 Å². The Hall–Kier alpha value is -2.90. The fraction of sp³-hybridized carbons (Fsp3) is 0.269. The van der Waals surface area contributed by atoms with Gasteiger partial charge in [0.05, 0.1) is 10.6 Å². The molecule has 0 bridgehead atoms. The van der Waals surface area contributed by atoms with E-state index in [0.29, 0.717) is 22.4 Å². The van der Waals surface area contributed by atoms with Crippen molar-refractivity contribution in [2.24, 2.45) is 0 Å². The molecule has 0 heterocycles. The first-order valence-electron chi connectivity index (χ1n) is 11.0. The number of thiocarbonyl (C=S) groups is 1. The molecule has 0 aliphatic rings. The summed E-state index contributed by atoms with van der Waals surface area (Å²) in [5.74, 6) is 0.521. The van der Waals surface area contributed by atoms with Gasteiger partial charge in [-0.3, -0.25) is 4.72 Å². The maximum Gasteiger partial charge on any atom is 0.261 e. The molecule has 1 atom stereocenters. The Bertz CT molecular complexity index is 1210. The number of aryl methyl sites for hydroxylation is 3. The van der Waals surface area contributed by atoms with Crippen molar-refractivity contribution >= 4 is 44.4 Å². The molecule has 0 saturated carbocycles. The molecule has 174 valence electrons. The molecule has 0 spiro atoms. The van der Waals surface area contributed by atoms with E-state index in [1.807, 2.05) is 45.0 Å². The summed E-state index contributed by atoms with van der Waals surface area (Å²) in [6.45, 7) is 10.2. The summed E-state index contributed by atoms with van der Waals surface area (Å²) in [5, 5.41) is 6.69. The monoisotopic (exact) mass is 481 g/mol. The number of nitrogens with one attached hydrogen (secondary N) is 3. The molecular formula is C26H31N3O2S2. The van der Waals surface area contributed by atoms with Crippen LogP contribution in [0, 0.1) is 20.8 Å². The minimum Gasteiger partial charge on any atom is -0.332 e. The first-order valence-corrected chi connectivity index (χ1v) is 12.9. The Morgan fingerprint density at radius 3 is 1.85 bits per heavy atom. The second-order valence-corrected chi connectivity index (χ2v) is 10.5. The Balaban J connectivity index is 1.65. The summed E-state index contributed by atoms with van der Waals surface area (Å²) in [6, 6.07) is 18.7. The summed E-state index contributed by atoms with van der Waals surface area (Å²) < 4.78 is 28.5. The lowest BCUT2D eigenvalue weighted by atomic mass is 9.99. The molecule has 33 heavy (non-hydrogen) atoms. The number of anilines is 3. The lowest BCUT2D eigenvalue weighted by Crippen LogP contribution is -2.19. The molecule has 7 heteroatoms. The lowest BCUT2D eigenvalue weighted by molar-refractivity contribution is 0.601. The van der Waals surface area contributed by atoms with Crippen LogP contribution in [0.2, 0.25) is 0 Å². The van der Waals surface area contributed by atoms with Gasteiger partial charge in [-0.15, -0.1) is 0 Å². The molecule has 0 aliphatic heterocycles. The number of rotatable bonds is 7. The van der Waals surface area contributed by atoms with Crippen molar-refractivity contribution in [3.63, 3.8) is 0 Å². The molecule has 0 aromatic heterocycles. The van der Waals surface area contributed by atoms with Gasteiger partial charge in [-0.1, -0.05) is 43.7 Å². The molecule has 3 rings (SSSR count). The SMILES string of the molecule is CC[C@@H](C)c1ccc(NC(=S)Nc2ccc(S(=O)(=O)Nc3c(C)cc(C)cc3C)cc2)cc1. The van der Waals surface area contributed by atoms with Crippen molar-refractivity contribution in [3.8, 4) is 0 Å². The van der Waals surface area contributed by atoms with Gasteiger partial charge in [0, 0.05) is 11.4 Å². The predicted octanol–water partition coefficient (Wildman–Crippen LogP) is 6.74. The van der Waals surface area contributed by atoms with E-state index in [0.717, 1.165) is 28.8 Å². The minimum atomic E-state index is -3.70. The summed E-state index contributed by atoms with van der Waals surface area (Å²) in [6.07, 6.45) is 1.10. The van der Waals surface area contributed by atoms with Crippen molar-refractivity contribution in [2.75, 3.05) is 15.4 Å². The molecule has 3 aromatic carbocycles. The third kappa shape index (κ3) is 6.33. The highest BCUT2D eigenvalue weighted by Gasteiger charge is 2.17. The maximum absolute atomic E-state index is 12.9. The van der Waals surface area contributed by atoms with E-state index in [4.69, 9.17) is 12.2 Å². The van der Waals surface area contributed by atoms with Crippen LogP contribution < -0.4 is 15.4 Å². The number of sulfonamides is 1. The quantitative estimate of drug-likeness (QED) is 0.326. The van der Waals surface area contributed by atoms with Gasteiger partial charge in [-0.25, -0.2) is 8.42 Å². The van der Waals surface area contributed by atoms with Crippen LogP contribution in [0.25, 0.3) is 0 Å². The molecule has 0 aliphatic carbocycles. The highest BCUT2D eigenvalue weighted by atomic mass is 32.2. The molecule has 3 N–H and O–H groups in total. The van der Waals surface area contributed by atoms with E-state index >= 15 is 0 Å². The van der Waals surface area contributed by atoms with Gasteiger partial charge in [-0.05, 0) is 98.4 Å². The predicted molar refractivity (Wildman–Crippen MR) is 143 cm³/mol. The molecule has 0 fully saturated rings. The topological polar surface area (TPSA) is 70.2 Å². The third-order valence-electron chi connectivity index (χ3n) is 5.69. The Labute approximate surface area is 202 Å². The van der Waals surface area contributed by atoms with Crippen molar-refractivity contribution < 1.29 is 8.42 Å². The normalized spacial score (nSPS) is 12.2. The van der Waals surface area contributed by atoms with E-state index in [-0.39, 0.29) is 4.90 Å². The average Bonchev–Trinajstić information content (AvgIpc) is 2.76. The van der Waals surface area contributed by atoms with Gasteiger partial charge < -0.3 is 10.6 Å². The van der Waals surface area contributed by atoms with Gasteiger partial charge in [0.2, 0.25) is 0 Å². The Morgan fingerprint density at radius 1 is 0.879 bits per heavy atom. The maximum atomic E-state index is 12.9. The van der Waals surface area contributed by atoms with Crippen LogP contribution in [0.3, 0.4) is 0 Å². The first-order chi connectivity index (χ1) is 15.6. The second-order valence-electron chi connectivity index (χ2n) is 8.41. The average molecular weight is 482 g/mol. The molecule has 0 radical (unpaired) electrons. The smallest absolute Gasteiger partial charge is 0.261 e. The summed E-state index contributed by atoms with van der Waals surface area (Å²) in [7, 11) is -3.70. The zero-order valence-corrected chi connectivity index (χ0v) is 21.3. The number of hydrogen-bond donors (Lipinski definition) is 3. The van der Waals surface area contributed by atoms with Gasteiger partial charge in [0.1, 0.15) is 0 Å². The van der Waals surface area contributed by atoms with Crippen LogP contribution in [0.15, 0.2) is 65.6 Å². The van der Waals surface area contributed by atoms with E-state index < -0.39 is 10.0 Å². The van der Waals surface area contributed by atoms with Gasteiger partial charge in [-0.2, -0.15) is 0 Å². The van der Waals surface area contributed by atoms with E-state index in [1.165, 1.54) is 5.56 Å². The summed E-state index contributed by atoms with van der Waals surface area (Å²) in [4.78, 5) is 0.187. The molecule has 0 amide bonds. The van der Waals surface area contributed by atoms with Gasteiger partial charge in [0.15, 0.2) is 5.11 Å². The number of benzene rings is 3. The fourth-order valence-electron chi connectivity index (χ4n) is 3.68. The fourth-order valence-corrected chi connectivity index (χ4v) is 5.11. The number of hydrogen-bond acceptors (Lipinski definition) is 3. The standard InChI is InChI=1S/C26H31N3O2S2/c1-6-18(3)21-7-9-22(10-8-21)27-26(32)28-23-11-13-24(14-12-23)33(30,31)29-25-19(4)15-17(2)16-20(25)5/h7-16,18,29H,6H2,1-5H3,(H2,27,28,32)/t18-/m1/s1. The van der Waals surface area contributed by atoms with Crippen molar-refractivity contribution in [2.45, 2.75) is 51.9 Å².